The molecule has 19 heavy (non-hydrogen) atoms. The summed E-state index contributed by atoms with van der Waals surface area (Å²) in [6.45, 7) is 2.94. The van der Waals surface area contributed by atoms with Gasteiger partial charge in [0.1, 0.15) is 0 Å². The van der Waals surface area contributed by atoms with Gasteiger partial charge >= 0.3 is 5.97 Å². The number of amides is 1. The van der Waals surface area contributed by atoms with Crippen LogP contribution in [0, 0.1) is 6.92 Å². The van der Waals surface area contributed by atoms with Gasteiger partial charge in [-0.25, -0.2) is 9.78 Å². The summed E-state index contributed by atoms with van der Waals surface area (Å²) in [6.07, 6.45) is 2.73. The van der Waals surface area contributed by atoms with Gasteiger partial charge in [-0.15, -0.1) is 0 Å². The van der Waals surface area contributed by atoms with Crippen molar-refractivity contribution in [1.29, 1.82) is 0 Å². The Morgan fingerprint density at radius 1 is 1.42 bits per heavy atom. The van der Waals surface area contributed by atoms with Crippen LogP contribution in [-0.4, -0.2) is 23.5 Å². The Balaban J connectivity index is 2.62. The Kier molecular flexibility index (Phi) is 5.79. The number of rotatable bonds is 4. The van der Waals surface area contributed by atoms with E-state index in [1.807, 2.05) is 0 Å². The molecule has 1 N–H and O–H groups in total. The fraction of sp³-hybridized carbons (Fsp3) is 0.250. The first-order chi connectivity index (χ1) is 8.93. The number of aryl methyl sites for hydroxylation is 1. The Labute approximate surface area is 120 Å². The van der Waals surface area contributed by atoms with Crippen molar-refractivity contribution in [3.05, 3.63) is 34.0 Å². The smallest absolute Gasteiger partial charge is 0.330 e. The van der Waals surface area contributed by atoms with E-state index in [4.69, 9.17) is 23.2 Å². The predicted molar refractivity (Wildman–Crippen MR) is 73.4 cm³/mol. The number of anilines is 1. The molecule has 0 spiro atoms. The topological polar surface area (TPSA) is 68.3 Å². The number of ether oxygens (including phenoxy) is 1. The molecule has 0 fully saturated rings. The van der Waals surface area contributed by atoms with Crippen LogP contribution >= 0.6 is 23.2 Å². The molecule has 0 aromatic carbocycles. The van der Waals surface area contributed by atoms with Crippen molar-refractivity contribution < 1.29 is 14.3 Å². The van der Waals surface area contributed by atoms with Crippen molar-refractivity contribution in [1.82, 2.24) is 4.98 Å². The third kappa shape index (κ3) is 4.89. The number of aromatic nitrogens is 1. The lowest BCUT2D eigenvalue weighted by atomic mass is 10.3. The maximum Gasteiger partial charge on any atom is 0.330 e. The second kappa shape index (κ2) is 7.11. The summed E-state index contributed by atoms with van der Waals surface area (Å²) in [5.41, 5.74) is 0.535. The number of halogens is 2. The summed E-state index contributed by atoms with van der Waals surface area (Å²) >= 11 is 11.7. The fourth-order valence-corrected chi connectivity index (χ4v) is 1.54. The van der Waals surface area contributed by atoms with Crippen LogP contribution in [0.5, 0.6) is 0 Å². The number of carbonyl (C=O) groups excluding carboxylic acids is 2. The van der Waals surface area contributed by atoms with Gasteiger partial charge in [-0.1, -0.05) is 29.3 Å². The summed E-state index contributed by atoms with van der Waals surface area (Å²) in [4.78, 5) is 26.6. The number of nitrogens with zero attached hydrogens (tertiary/aromatic N) is 1. The van der Waals surface area contributed by atoms with Crippen LogP contribution in [0.2, 0.25) is 10.0 Å². The van der Waals surface area contributed by atoms with Crippen LogP contribution in [0.1, 0.15) is 12.6 Å². The molecule has 0 bridgehead atoms. The van der Waals surface area contributed by atoms with E-state index in [9.17, 15) is 9.59 Å². The van der Waals surface area contributed by atoms with Gasteiger partial charge in [0.2, 0.25) is 0 Å². The van der Waals surface area contributed by atoms with Crippen LogP contribution in [-0.2, 0) is 14.3 Å². The number of hydrogen-bond donors (Lipinski definition) is 1. The Morgan fingerprint density at radius 2 is 2.11 bits per heavy atom. The minimum atomic E-state index is -0.594. The van der Waals surface area contributed by atoms with Gasteiger partial charge in [0.25, 0.3) is 5.91 Å². The monoisotopic (exact) mass is 302 g/mol. The van der Waals surface area contributed by atoms with Crippen molar-refractivity contribution in [2.45, 2.75) is 13.8 Å². The first-order valence-corrected chi connectivity index (χ1v) is 6.11. The zero-order chi connectivity index (χ0) is 14.4. The first kappa shape index (κ1) is 15.5. The number of pyridine rings is 1. The highest BCUT2D eigenvalue weighted by molar-refractivity contribution is 6.36. The molecule has 0 atom stereocenters. The van der Waals surface area contributed by atoms with Gasteiger partial charge in [0.05, 0.1) is 15.7 Å². The predicted octanol–water partition coefficient (Wildman–Crippen LogP) is 2.75. The quantitative estimate of drug-likeness (QED) is 0.686. The zero-order valence-electron chi connectivity index (χ0n) is 10.4. The second-order valence-electron chi connectivity index (χ2n) is 3.54. The summed E-state index contributed by atoms with van der Waals surface area (Å²) in [7, 11) is 0. The minimum absolute atomic E-state index is 0.177. The summed E-state index contributed by atoms with van der Waals surface area (Å²) in [6, 6.07) is 1.48. The van der Waals surface area contributed by atoms with E-state index in [1.54, 1.807) is 13.8 Å². The molecule has 1 aromatic rings. The Morgan fingerprint density at radius 3 is 2.74 bits per heavy atom. The molecule has 0 saturated heterocycles. The lowest BCUT2D eigenvalue weighted by Crippen LogP contribution is -2.21. The third-order valence-corrected chi connectivity index (χ3v) is 2.68. The van der Waals surface area contributed by atoms with E-state index in [-0.39, 0.29) is 10.8 Å². The highest BCUT2D eigenvalue weighted by atomic mass is 35.5. The molecule has 0 aliphatic carbocycles. The van der Waals surface area contributed by atoms with Gasteiger partial charge in [-0.3, -0.25) is 4.79 Å². The largest absolute Gasteiger partial charge is 0.452 e. The number of allylic oxidation sites excluding steroid dienone is 1. The molecule has 0 saturated carbocycles. The minimum Gasteiger partial charge on any atom is -0.452 e. The summed E-state index contributed by atoms with van der Waals surface area (Å²) < 4.78 is 4.68. The van der Waals surface area contributed by atoms with Crippen molar-refractivity contribution >= 4 is 40.9 Å². The molecule has 0 aliphatic rings. The highest BCUT2D eigenvalue weighted by Crippen LogP contribution is 2.25. The van der Waals surface area contributed by atoms with Gasteiger partial charge in [-0.05, 0) is 19.9 Å². The number of esters is 1. The van der Waals surface area contributed by atoms with Crippen LogP contribution in [0.3, 0.4) is 0 Å². The third-order valence-electron chi connectivity index (χ3n) is 2.01. The average molecular weight is 303 g/mol. The number of nitrogens with one attached hydrogen (secondary N) is 1. The average Bonchev–Trinajstić information content (AvgIpc) is 2.34. The standard InChI is InChI=1S/C12H12Cl2N2O3/c1-3-4-11(18)19-6-10(17)16-12-9(14)5-8(13)7(2)15-12/h3-5H,6H2,1-2H3,(H,15,16,17)/b4-3+. The lowest BCUT2D eigenvalue weighted by molar-refractivity contribution is -0.142. The van der Waals surface area contributed by atoms with Crippen LogP contribution in [0.25, 0.3) is 0 Å². The molecule has 7 heteroatoms. The van der Waals surface area contributed by atoms with E-state index < -0.39 is 18.5 Å². The van der Waals surface area contributed by atoms with Crippen LogP contribution in [0.4, 0.5) is 5.82 Å². The molecule has 1 amide bonds. The van der Waals surface area contributed by atoms with Crippen molar-refractivity contribution in [2.24, 2.45) is 0 Å². The lowest BCUT2D eigenvalue weighted by Gasteiger charge is -2.08. The molecule has 1 rings (SSSR count). The molecular weight excluding hydrogens is 291 g/mol. The molecular formula is C12H12Cl2N2O3. The molecule has 102 valence electrons. The fourth-order valence-electron chi connectivity index (χ4n) is 1.14. The molecule has 1 aromatic heterocycles. The Hall–Kier alpha value is -1.59. The van der Waals surface area contributed by atoms with Gasteiger partial charge in [0.15, 0.2) is 12.4 Å². The normalized spacial score (nSPS) is 10.5. The summed E-state index contributed by atoms with van der Waals surface area (Å²) in [5.74, 6) is -0.950. The van der Waals surface area contributed by atoms with Crippen molar-refractivity contribution in [3.8, 4) is 0 Å². The number of carbonyl (C=O) groups is 2. The van der Waals surface area contributed by atoms with Crippen molar-refractivity contribution in [2.75, 3.05) is 11.9 Å². The van der Waals surface area contributed by atoms with E-state index in [1.165, 1.54) is 18.2 Å². The molecule has 0 radical (unpaired) electrons. The zero-order valence-corrected chi connectivity index (χ0v) is 11.9. The van der Waals surface area contributed by atoms with E-state index in [0.29, 0.717) is 10.7 Å². The molecule has 1 heterocycles. The van der Waals surface area contributed by atoms with E-state index >= 15 is 0 Å². The maximum absolute atomic E-state index is 11.5. The highest BCUT2D eigenvalue weighted by Gasteiger charge is 2.11. The Bertz CT molecular complexity index is 530. The van der Waals surface area contributed by atoms with Gasteiger partial charge in [-0.2, -0.15) is 0 Å². The molecule has 5 nitrogen and oxygen atoms in total. The van der Waals surface area contributed by atoms with Gasteiger partial charge < -0.3 is 10.1 Å². The van der Waals surface area contributed by atoms with Crippen LogP contribution < -0.4 is 5.32 Å². The number of hydrogen-bond acceptors (Lipinski definition) is 4. The van der Waals surface area contributed by atoms with E-state index in [0.717, 1.165) is 0 Å². The molecule has 0 aliphatic heterocycles. The van der Waals surface area contributed by atoms with Crippen molar-refractivity contribution in [3.63, 3.8) is 0 Å². The maximum atomic E-state index is 11.5. The summed E-state index contributed by atoms with van der Waals surface area (Å²) in [5, 5.41) is 3.05. The first-order valence-electron chi connectivity index (χ1n) is 5.36. The SMILES string of the molecule is C/C=C/C(=O)OCC(=O)Nc1nc(C)c(Cl)cc1Cl. The van der Waals surface area contributed by atoms with E-state index in [2.05, 4.69) is 15.0 Å². The van der Waals surface area contributed by atoms with Crippen LogP contribution in [0.15, 0.2) is 18.2 Å². The second-order valence-corrected chi connectivity index (χ2v) is 4.36. The molecule has 0 unspecified atom stereocenters. The van der Waals surface area contributed by atoms with Gasteiger partial charge in [0, 0.05) is 6.08 Å².